The maximum absolute atomic E-state index is 11.5. The van der Waals surface area contributed by atoms with Crippen molar-refractivity contribution < 1.29 is 14.3 Å². The summed E-state index contributed by atoms with van der Waals surface area (Å²) in [4.78, 5) is 11.5. The number of hydrogen-bond acceptors (Lipinski definition) is 4. The van der Waals surface area contributed by atoms with Crippen molar-refractivity contribution in [3.8, 4) is 0 Å². The summed E-state index contributed by atoms with van der Waals surface area (Å²) >= 11 is 0. The molecule has 0 aromatic heterocycles. The number of aryl methyl sites for hydroxylation is 2. The molecule has 0 saturated heterocycles. The predicted molar refractivity (Wildman–Crippen MR) is 68.3 cm³/mol. The van der Waals surface area contributed by atoms with Gasteiger partial charge < -0.3 is 9.47 Å². The summed E-state index contributed by atoms with van der Waals surface area (Å²) in [5.74, 6) is -0.356. The van der Waals surface area contributed by atoms with E-state index in [9.17, 15) is 4.79 Å². The maximum Gasteiger partial charge on any atom is 0.338 e. The molecule has 0 amide bonds. The number of ether oxygens (including phenoxy) is 2. The number of methoxy groups -OCH3 is 2. The highest BCUT2D eigenvalue weighted by molar-refractivity contribution is 5.98. The summed E-state index contributed by atoms with van der Waals surface area (Å²) in [6, 6.07) is 3.47. The van der Waals surface area contributed by atoms with Crippen LogP contribution in [-0.2, 0) is 9.47 Å². The van der Waals surface area contributed by atoms with Crippen LogP contribution in [0.15, 0.2) is 12.1 Å². The molecule has 0 aliphatic heterocycles. The highest BCUT2D eigenvalue weighted by Gasteiger charge is 2.14. The summed E-state index contributed by atoms with van der Waals surface area (Å²) < 4.78 is 9.53. The fourth-order valence-corrected chi connectivity index (χ4v) is 1.54. The largest absolute Gasteiger partial charge is 0.481 e. The average molecular weight is 258 g/mol. The SMILES string of the molecule is COC(=N)c1cc(C(=O)OC)c(C)cc1C.Cl. The van der Waals surface area contributed by atoms with E-state index in [0.717, 1.165) is 11.1 Å². The number of carbonyl (C=O) groups is 1. The molecule has 94 valence electrons. The fourth-order valence-electron chi connectivity index (χ4n) is 1.54. The number of hydrogen-bond donors (Lipinski definition) is 1. The van der Waals surface area contributed by atoms with Crippen LogP contribution < -0.4 is 0 Å². The lowest BCUT2D eigenvalue weighted by Crippen LogP contribution is -2.10. The lowest BCUT2D eigenvalue weighted by atomic mass is 10.00. The Morgan fingerprint density at radius 2 is 1.59 bits per heavy atom. The highest BCUT2D eigenvalue weighted by Crippen LogP contribution is 2.17. The van der Waals surface area contributed by atoms with Crippen molar-refractivity contribution in [3.63, 3.8) is 0 Å². The van der Waals surface area contributed by atoms with Crippen LogP contribution in [0.3, 0.4) is 0 Å². The molecule has 5 heteroatoms. The normalized spacial score (nSPS) is 9.18. The third-order valence-electron chi connectivity index (χ3n) is 2.43. The van der Waals surface area contributed by atoms with Crippen LogP contribution in [-0.4, -0.2) is 26.1 Å². The smallest absolute Gasteiger partial charge is 0.338 e. The van der Waals surface area contributed by atoms with Crippen LogP contribution in [0.2, 0.25) is 0 Å². The molecular weight excluding hydrogens is 242 g/mol. The Bertz CT molecular complexity index is 406. The van der Waals surface area contributed by atoms with E-state index in [-0.39, 0.29) is 18.3 Å². The maximum atomic E-state index is 11.5. The first kappa shape index (κ1) is 15.4. The summed E-state index contributed by atoms with van der Waals surface area (Å²) in [6.45, 7) is 3.70. The van der Waals surface area contributed by atoms with Crippen LogP contribution in [0.1, 0.15) is 27.0 Å². The Kier molecular flexibility index (Phi) is 5.68. The average Bonchev–Trinajstić information content (AvgIpc) is 2.27. The monoisotopic (exact) mass is 257 g/mol. The Morgan fingerprint density at radius 1 is 1.06 bits per heavy atom. The van der Waals surface area contributed by atoms with Gasteiger partial charge in [-0.1, -0.05) is 6.07 Å². The van der Waals surface area contributed by atoms with E-state index in [1.54, 1.807) is 6.07 Å². The first-order valence-electron chi connectivity index (χ1n) is 4.83. The first-order valence-corrected chi connectivity index (χ1v) is 4.83. The molecule has 0 heterocycles. The van der Waals surface area contributed by atoms with Gasteiger partial charge in [0.1, 0.15) is 0 Å². The molecule has 17 heavy (non-hydrogen) atoms. The molecule has 1 aromatic rings. The molecule has 0 aliphatic rings. The van der Waals surface area contributed by atoms with E-state index in [1.165, 1.54) is 14.2 Å². The Morgan fingerprint density at radius 3 is 2.06 bits per heavy atom. The molecule has 0 radical (unpaired) electrons. The minimum Gasteiger partial charge on any atom is -0.481 e. The quantitative estimate of drug-likeness (QED) is 0.503. The topological polar surface area (TPSA) is 59.4 Å². The van der Waals surface area contributed by atoms with E-state index in [2.05, 4.69) is 4.74 Å². The van der Waals surface area contributed by atoms with E-state index in [4.69, 9.17) is 10.1 Å². The summed E-state index contributed by atoms with van der Waals surface area (Å²) in [5, 5.41) is 7.61. The number of benzene rings is 1. The number of nitrogens with one attached hydrogen (secondary N) is 1. The summed E-state index contributed by atoms with van der Waals surface area (Å²) in [7, 11) is 2.77. The molecule has 4 nitrogen and oxygen atoms in total. The Labute approximate surface area is 107 Å². The second-order valence-corrected chi connectivity index (χ2v) is 3.51. The molecule has 0 saturated carbocycles. The standard InChI is InChI=1S/C12H15NO3.ClH/c1-7-5-8(2)10(12(14)16-4)6-9(7)11(13)15-3;/h5-6,13H,1-4H3;1H. The number of carbonyl (C=O) groups excluding carboxylic acids is 1. The van der Waals surface area contributed by atoms with Gasteiger partial charge in [-0.05, 0) is 31.0 Å². The van der Waals surface area contributed by atoms with Gasteiger partial charge in [0.05, 0.1) is 19.8 Å². The molecule has 0 atom stereocenters. The van der Waals surface area contributed by atoms with Crippen molar-refractivity contribution in [2.45, 2.75) is 13.8 Å². The Hall–Kier alpha value is -1.55. The second-order valence-electron chi connectivity index (χ2n) is 3.51. The third-order valence-corrected chi connectivity index (χ3v) is 2.43. The van der Waals surface area contributed by atoms with Gasteiger partial charge in [-0.2, -0.15) is 0 Å². The number of esters is 1. The van der Waals surface area contributed by atoms with E-state index in [1.807, 2.05) is 19.9 Å². The van der Waals surface area contributed by atoms with Crippen molar-refractivity contribution in [3.05, 3.63) is 34.4 Å². The molecular formula is C12H16ClNO3. The third kappa shape index (κ3) is 3.20. The van der Waals surface area contributed by atoms with Crippen LogP contribution in [0.5, 0.6) is 0 Å². The van der Waals surface area contributed by atoms with Gasteiger partial charge in [-0.15, -0.1) is 12.4 Å². The molecule has 0 unspecified atom stereocenters. The first-order chi connectivity index (χ1) is 7.51. The Balaban J connectivity index is 0.00000256. The molecule has 1 rings (SSSR count). The minimum absolute atomic E-state index is 0. The number of halogens is 1. The fraction of sp³-hybridized carbons (Fsp3) is 0.333. The zero-order valence-corrected chi connectivity index (χ0v) is 11.1. The number of rotatable bonds is 2. The second kappa shape index (κ2) is 6.25. The van der Waals surface area contributed by atoms with Crippen LogP contribution in [0, 0.1) is 19.3 Å². The van der Waals surface area contributed by atoms with Crippen LogP contribution in [0.4, 0.5) is 0 Å². The minimum atomic E-state index is -0.400. The van der Waals surface area contributed by atoms with Gasteiger partial charge >= 0.3 is 5.97 Å². The van der Waals surface area contributed by atoms with Crippen molar-refractivity contribution in [2.75, 3.05) is 14.2 Å². The highest BCUT2D eigenvalue weighted by atomic mass is 35.5. The van der Waals surface area contributed by atoms with Crippen LogP contribution in [0.25, 0.3) is 0 Å². The van der Waals surface area contributed by atoms with E-state index in [0.29, 0.717) is 11.1 Å². The van der Waals surface area contributed by atoms with Crippen molar-refractivity contribution >= 4 is 24.3 Å². The van der Waals surface area contributed by atoms with Crippen LogP contribution >= 0.6 is 12.4 Å². The molecule has 1 N–H and O–H groups in total. The zero-order chi connectivity index (χ0) is 12.3. The van der Waals surface area contributed by atoms with Crippen molar-refractivity contribution in [1.82, 2.24) is 0 Å². The van der Waals surface area contributed by atoms with E-state index < -0.39 is 5.97 Å². The van der Waals surface area contributed by atoms with Crippen molar-refractivity contribution in [1.29, 1.82) is 5.41 Å². The summed E-state index contributed by atoms with van der Waals surface area (Å²) in [5.41, 5.74) is 2.80. The molecule has 0 fully saturated rings. The molecule has 1 aromatic carbocycles. The zero-order valence-electron chi connectivity index (χ0n) is 10.3. The summed E-state index contributed by atoms with van der Waals surface area (Å²) in [6.07, 6.45) is 0. The molecule has 0 bridgehead atoms. The van der Waals surface area contributed by atoms with E-state index >= 15 is 0 Å². The molecule has 0 spiro atoms. The van der Waals surface area contributed by atoms with Gasteiger partial charge in [0.2, 0.25) is 5.90 Å². The van der Waals surface area contributed by atoms with Gasteiger partial charge in [-0.3, -0.25) is 5.41 Å². The molecule has 0 aliphatic carbocycles. The van der Waals surface area contributed by atoms with Gasteiger partial charge in [-0.25, -0.2) is 4.79 Å². The lowest BCUT2D eigenvalue weighted by Gasteiger charge is -2.10. The van der Waals surface area contributed by atoms with Crippen molar-refractivity contribution in [2.24, 2.45) is 0 Å². The predicted octanol–water partition coefficient (Wildman–Crippen LogP) is 2.48. The van der Waals surface area contributed by atoms with Gasteiger partial charge in [0.15, 0.2) is 0 Å². The van der Waals surface area contributed by atoms with Gasteiger partial charge in [0, 0.05) is 5.56 Å². The van der Waals surface area contributed by atoms with Gasteiger partial charge in [0.25, 0.3) is 0 Å². The lowest BCUT2D eigenvalue weighted by molar-refractivity contribution is 0.0600.